The zero-order chi connectivity index (χ0) is 15.1. The van der Waals surface area contributed by atoms with Gasteiger partial charge in [-0.05, 0) is 35.7 Å². The molecular formula is C16H15ClN2O2. The Balaban J connectivity index is 2.11. The second-order valence-corrected chi connectivity index (χ2v) is 5.49. The second kappa shape index (κ2) is 5.06. The highest BCUT2D eigenvalue weighted by atomic mass is 35.5. The first-order valence-electron chi connectivity index (χ1n) is 6.59. The first kappa shape index (κ1) is 13.9. The molecule has 2 N–H and O–H groups in total. The maximum absolute atomic E-state index is 11.5. The lowest BCUT2D eigenvalue weighted by molar-refractivity contribution is 0.527. The molecule has 0 saturated heterocycles. The molecule has 1 heterocycles. The molecule has 0 fully saturated rings. The summed E-state index contributed by atoms with van der Waals surface area (Å²) in [6.45, 7) is 1.94. The minimum atomic E-state index is -0.385. The van der Waals surface area contributed by atoms with Crippen molar-refractivity contribution in [2.24, 2.45) is 12.8 Å². The number of hydrogen-bond donors (Lipinski definition) is 1. The summed E-state index contributed by atoms with van der Waals surface area (Å²) in [4.78, 5) is 11.5. The van der Waals surface area contributed by atoms with Crippen LogP contribution in [0.5, 0.6) is 0 Å². The Morgan fingerprint density at radius 2 is 2.05 bits per heavy atom. The van der Waals surface area contributed by atoms with E-state index in [9.17, 15) is 4.79 Å². The molecule has 3 aromatic rings. The molecule has 21 heavy (non-hydrogen) atoms. The lowest BCUT2D eigenvalue weighted by Gasteiger charge is -2.15. The largest absolute Gasteiger partial charge is 0.419 e. The van der Waals surface area contributed by atoms with E-state index < -0.39 is 0 Å². The Hall–Kier alpha value is -2.04. The topological polar surface area (TPSA) is 61.2 Å². The Bertz CT molecular complexity index is 880. The Morgan fingerprint density at radius 3 is 2.81 bits per heavy atom. The lowest BCUT2D eigenvalue weighted by atomic mass is 9.98. The number of benzene rings is 2. The van der Waals surface area contributed by atoms with Gasteiger partial charge in [0.25, 0.3) is 0 Å². The average molecular weight is 303 g/mol. The molecule has 0 radical (unpaired) electrons. The summed E-state index contributed by atoms with van der Waals surface area (Å²) in [5, 5.41) is 0.666. The monoisotopic (exact) mass is 302 g/mol. The summed E-state index contributed by atoms with van der Waals surface area (Å²) >= 11 is 6.33. The van der Waals surface area contributed by atoms with Gasteiger partial charge in [0, 0.05) is 12.1 Å². The highest BCUT2D eigenvalue weighted by molar-refractivity contribution is 6.32. The first-order chi connectivity index (χ1) is 9.99. The fourth-order valence-electron chi connectivity index (χ4n) is 2.43. The van der Waals surface area contributed by atoms with E-state index in [0.717, 1.165) is 22.2 Å². The van der Waals surface area contributed by atoms with Crippen LogP contribution in [0.15, 0.2) is 45.6 Å². The smallest absolute Gasteiger partial charge is 0.408 e. The van der Waals surface area contributed by atoms with E-state index in [-0.39, 0.29) is 11.8 Å². The van der Waals surface area contributed by atoms with Crippen molar-refractivity contribution >= 4 is 22.7 Å². The van der Waals surface area contributed by atoms with Gasteiger partial charge in [-0.2, -0.15) is 0 Å². The van der Waals surface area contributed by atoms with Crippen LogP contribution in [0.1, 0.15) is 22.7 Å². The van der Waals surface area contributed by atoms with E-state index in [2.05, 4.69) is 0 Å². The Labute approximate surface area is 126 Å². The van der Waals surface area contributed by atoms with Crippen LogP contribution < -0.4 is 11.5 Å². The number of rotatable bonds is 2. The third-order valence-corrected chi connectivity index (χ3v) is 4.25. The molecule has 0 saturated carbocycles. The third kappa shape index (κ3) is 2.26. The molecule has 0 aliphatic rings. The van der Waals surface area contributed by atoms with Crippen molar-refractivity contribution in [2.45, 2.75) is 13.0 Å². The molecule has 4 nitrogen and oxygen atoms in total. The number of hydrogen-bond acceptors (Lipinski definition) is 3. The van der Waals surface area contributed by atoms with E-state index in [1.165, 1.54) is 4.57 Å². The van der Waals surface area contributed by atoms with Crippen molar-refractivity contribution in [3.05, 3.63) is 68.7 Å². The number of nitrogens with zero attached hydrogens (tertiary/aromatic N) is 1. The van der Waals surface area contributed by atoms with Gasteiger partial charge in [-0.1, -0.05) is 35.9 Å². The fraction of sp³-hybridized carbons (Fsp3) is 0.188. The minimum absolute atomic E-state index is 0.368. The molecule has 108 valence electrons. The maximum atomic E-state index is 11.5. The van der Waals surface area contributed by atoms with Crippen LogP contribution in [0.25, 0.3) is 11.1 Å². The average Bonchev–Trinajstić information content (AvgIpc) is 2.76. The summed E-state index contributed by atoms with van der Waals surface area (Å²) in [6, 6.07) is 10.9. The van der Waals surface area contributed by atoms with Gasteiger partial charge in [-0.25, -0.2) is 4.79 Å². The summed E-state index contributed by atoms with van der Waals surface area (Å²) in [6.07, 6.45) is 0. The predicted molar refractivity (Wildman–Crippen MR) is 83.7 cm³/mol. The zero-order valence-corrected chi connectivity index (χ0v) is 12.5. The molecule has 1 atom stereocenters. The number of halogens is 1. The van der Waals surface area contributed by atoms with Crippen LogP contribution >= 0.6 is 11.6 Å². The molecule has 5 heteroatoms. The van der Waals surface area contributed by atoms with Gasteiger partial charge in [0.05, 0.1) is 11.6 Å². The van der Waals surface area contributed by atoms with Crippen molar-refractivity contribution < 1.29 is 4.42 Å². The van der Waals surface area contributed by atoms with E-state index >= 15 is 0 Å². The summed E-state index contributed by atoms with van der Waals surface area (Å²) in [5.41, 5.74) is 10.3. The molecule has 0 bridgehead atoms. The third-order valence-electron chi connectivity index (χ3n) is 3.73. The van der Waals surface area contributed by atoms with Gasteiger partial charge in [-0.3, -0.25) is 4.57 Å². The van der Waals surface area contributed by atoms with E-state index in [4.69, 9.17) is 21.8 Å². The van der Waals surface area contributed by atoms with E-state index in [1.807, 2.05) is 37.3 Å². The highest BCUT2D eigenvalue weighted by Gasteiger charge is 2.15. The molecule has 2 aromatic carbocycles. The molecule has 3 rings (SSSR count). The number of nitrogens with two attached hydrogens (primary N) is 1. The van der Waals surface area contributed by atoms with Gasteiger partial charge < -0.3 is 10.2 Å². The Morgan fingerprint density at radius 1 is 1.29 bits per heavy atom. The second-order valence-electron chi connectivity index (χ2n) is 5.11. The van der Waals surface area contributed by atoms with Gasteiger partial charge in [0.2, 0.25) is 0 Å². The molecule has 0 aliphatic carbocycles. The summed E-state index contributed by atoms with van der Waals surface area (Å²) < 4.78 is 6.66. The summed E-state index contributed by atoms with van der Waals surface area (Å²) in [7, 11) is 1.67. The number of aryl methyl sites for hydroxylation is 2. The van der Waals surface area contributed by atoms with Crippen molar-refractivity contribution in [1.82, 2.24) is 4.57 Å². The van der Waals surface area contributed by atoms with Gasteiger partial charge in [-0.15, -0.1) is 0 Å². The normalized spacial score (nSPS) is 12.8. The van der Waals surface area contributed by atoms with Gasteiger partial charge >= 0.3 is 5.76 Å². The molecular weight excluding hydrogens is 288 g/mol. The number of fused-ring (bicyclic) bond motifs is 1. The van der Waals surface area contributed by atoms with E-state index in [1.54, 1.807) is 13.1 Å². The maximum Gasteiger partial charge on any atom is 0.419 e. The van der Waals surface area contributed by atoms with Crippen molar-refractivity contribution in [3.63, 3.8) is 0 Å². The molecule has 1 aromatic heterocycles. The van der Waals surface area contributed by atoms with Crippen molar-refractivity contribution in [3.8, 4) is 0 Å². The SMILES string of the molecule is Cc1cccc(C(N)c2ccc3c(c2)oc(=O)n3C)c1Cl. The molecule has 1 unspecified atom stereocenters. The Kier molecular flexibility index (Phi) is 3.35. The van der Waals surface area contributed by atoms with Crippen LogP contribution in [0.2, 0.25) is 5.02 Å². The molecule has 0 spiro atoms. The highest BCUT2D eigenvalue weighted by Crippen LogP contribution is 2.30. The van der Waals surface area contributed by atoms with Crippen LogP contribution in [-0.4, -0.2) is 4.57 Å². The van der Waals surface area contributed by atoms with Crippen molar-refractivity contribution in [2.75, 3.05) is 0 Å². The zero-order valence-electron chi connectivity index (χ0n) is 11.8. The van der Waals surface area contributed by atoms with Crippen LogP contribution in [0.3, 0.4) is 0 Å². The predicted octanol–water partition coefficient (Wildman–Crippen LogP) is 3.14. The number of oxazole rings is 1. The molecule has 0 aliphatic heterocycles. The lowest BCUT2D eigenvalue weighted by Crippen LogP contribution is -2.12. The van der Waals surface area contributed by atoms with Crippen LogP contribution in [-0.2, 0) is 7.05 Å². The standard InChI is InChI=1S/C16H15ClN2O2/c1-9-4-3-5-11(14(9)17)15(18)10-6-7-12-13(8-10)21-16(20)19(12)2/h3-8,15H,18H2,1-2H3. The molecule has 0 amide bonds. The van der Waals surface area contributed by atoms with Crippen LogP contribution in [0, 0.1) is 6.92 Å². The quantitative estimate of drug-likeness (QED) is 0.791. The summed E-state index contributed by atoms with van der Waals surface area (Å²) in [5.74, 6) is -0.385. The first-order valence-corrected chi connectivity index (χ1v) is 6.97. The minimum Gasteiger partial charge on any atom is -0.408 e. The fourth-order valence-corrected chi connectivity index (χ4v) is 2.68. The van der Waals surface area contributed by atoms with Gasteiger partial charge in [0.15, 0.2) is 5.58 Å². The number of aromatic nitrogens is 1. The van der Waals surface area contributed by atoms with Crippen LogP contribution in [0.4, 0.5) is 0 Å². The van der Waals surface area contributed by atoms with Crippen molar-refractivity contribution in [1.29, 1.82) is 0 Å². The van der Waals surface area contributed by atoms with Gasteiger partial charge in [0.1, 0.15) is 0 Å². The van der Waals surface area contributed by atoms with E-state index in [0.29, 0.717) is 10.6 Å².